The number of nitrogens with zero attached hydrogens (tertiary/aromatic N) is 2. The average molecular weight is 433 g/mol. The summed E-state index contributed by atoms with van der Waals surface area (Å²) in [5.41, 5.74) is 0.175. The Morgan fingerprint density at radius 3 is 2.70 bits per heavy atom. The van der Waals surface area contributed by atoms with Gasteiger partial charge in [-0.1, -0.05) is 18.2 Å². The second-order valence-corrected chi connectivity index (χ2v) is 7.36. The Morgan fingerprint density at radius 1 is 1.20 bits per heavy atom. The number of H-pyrrole nitrogens is 1. The summed E-state index contributed by atoms with van der Waals surface area (Å²) in [6.45, 7) is 0.181. The Labute approximate surface area is 175 Å². The van der Waals surface area contributed by atoms with Gasteiger partial charge >= 0.3 is 6.18 Å². The molecule has 10 heteroatoms. The first-order chi connectivity index (χ1) is 14.3. The van der Waals surface area contributed by atoms with Crippen LogP contribution in [0.1, 0.15) is 40.6 Å². The predicted molar refractivity (Wildman–Crippen MR) is 108 cm³/mol. The van der Waals surface area contributed by atoms with Crippen molar-refractivity contribution in [1.29, 1.82) is 0 Å². The Kier molecular flexibility index (Phi) is 5.33. The van der Waals surface area contributed by atoms with Gasteiger partial charge in [-0.25, -0.2) is 0 Å². The van der Waals surface area contributed by atoms with Crippen molar-refractivity contribution in [3.8, 4) is 0 Å². The lowest BCUT2D eigenvalue weighted by Crippen LogP contribution is -2.25. The van der Waals surface area contributed by atoms with E-state index in [9.17, 15) is 18.0 Å². The standard InChI is InChI=1S/C20H18F3N5OS/c21-20(22,23)12-4-3-5-13(10-12)25-16-7-2-1-6-15(16)18(29)24-11-17-26-27-19(30)28(17)14-8-9-14/h1-7,10,14,25H,8-9,11H2,(H,24,29)(H,27,30). The molecule has 1 aromatic heterocycles. The predicted octanol–water partition coefficient (Wildman–Crippen LogP) is 4.97. The van der Waals surface area contributed by atoms with E-state index >= 15 is 0 Å². The monoisotopic (exact) mass is 433 g/mol. The quantitative estimate of drug-likeness (QED) is 0.480. The fourth-order valence-electron chi connectivity index (χ4n) is 3.14. The number of anilines is 2. The number of rotatable bonds is 6. The number of para-hydroxylation sites is 1. The van der Waals surface area contributed by atoms with Crippen LogP contribution in [0.4, 0.5) is 24.5 Å². The number of aromatic amines is 1. The molecule has 1 aliphatic rings. The Balaban J connectivity index is 1.51. The van der Waals surface area contributed by atoms with Crippen molar-refractivity contribution in [2.24, 2.45) is 0 Å². The second kappa shape index (κ2) is 7.94. The van der Waals surface area contributed by atoms with E-state index in [-0.39, 0.29) is 18.1 Å². The molecule has 3 N–H and O–H groups in total. The van der Waals surface area contributed by atoms with Gasteiger partial charge in [-0.15, -0.1) is 0 Å². The smallest absolute Gasteiger partial charge is 0.355 e. The molecule has 0 spiro atoms. The van der Waals surface area contributed by atoms with Gasteiger partial charge in [0.15, 0.2) is 10.6 Å². The summed E-state index contributed by atoms with van der Waals surface area (Å²) >= 11 is 5.23. The molecule has 4 rings (SSSR count). The molecule has 1 aliphatic carbocycles. The molecule has 0 aliphatic heterocycles. The normalized spacial score (nSPS) is 13.8. The van der Waals surface area contributed by atoms with E-state index in [1.54, 1.807) is 24.3 Å². The van der Waals surface area contributed by atoms with Crippen molar-refractivity contribution in [2.75, 3.05) is 5.32 Å². The van der Waals surface area contributed by atoms with Crippen LogP contribution in [-0.4, -0.2) is 20.7 Å². The number of carbonyl (C=O) groups is 1. The van der Waals surface area contributed by atoms with E-state index in [1.165, 1.54) is 12.1 Å². The highest BCUT2D eigenvalue weighted by atomic mass is 32.1. The van der Waals surface area contributed by atoms with E-state index in [0.29, 0.717) is 27.9 Å². The lowest BCUT2D eigenvalue weighted by molar-refractivity contribution is -0.137. The van der Waals surface area contributed by atoms with E-state index in [4.69, 9.17) is 12.2 Å². The molecule has 1 saturated carbocycles. The van der Waals surface area contributed by atoms with Gasteiger partial charge in [0, 0.05) is 11.7 Å². The first-order valence-electron chi connectivity index (χ1n) is 9.30. The molecule has 0 bridgehead atoms. The molecule has 3 aromatic rings. The zero-order chi connectivity index (χ0) is 21.3. The van der Waals surface area contributed by atoms with E-state index in [0.717, 1.165) is 25.0 Å². The van der Waals surface area contributed by atoms with Crippen LogP contribution < -0.4 is 10.6 Å². The van der Waals surface area contributed by atoms with Crippen molar-refractivity contribution in [3.05, 3.63) is 70.3 Å². The summed E-state index contributed by atoms with van der Waals surface area (Å²) in [5.74, 6) is 0.264. The number of nitrogens with one attached hydrogen (secondary N) is 3. The van der Waals surface area contributed by atoms with Crippen LogP contribution >= 0.6 is 12.2 Å². The van der Waals surface area contributed by atoms with Crippen molar-refractivity contribution in [3.63, 3.8) is 0 Å². The number of alkyl halides is 3. The number of aromatic nitrogens is 3. The van der Waals surface area contributed by atoms with Crippen molar-refractivity contribution in [2.45, 2.75) is 31.6 Å². The van der Waals surface area contributed by atoms with Crippen LogP contribution in [0.15, 0.2) is 48.5 Å². The van der Waals surface area contributed by atoms with Gasteiger partial charge in [0.05, 0.1) is 23.4 Å². The second-order valence-electron chi connectivity index (χ2n) is 6.98. The summed E-state index contributed by atoms with van der Waals surface area (Å²) in [5, 5.41) is 12.6. The number of hydrogen-bond acceptors (Lipinski definition) is 4. The number of amides is 1. The lowest BCUT2D eigenvalue weighted by atomic mass is 10.1. The molecule has 0 radical (unpaired) electrons. The number of carbonyl (C=O) groups excluding carboxylic acids is 1. The topological polar surface area (TPSA) is 74.7 Å². The summed E-state index contributed by atoms with van der Waals surface area (Å²) in [4.78, 5) is 12.8. The van der Waals surface area contributed by atoms with Gasteiger partial charge in [0.25, 0.3) is 5.91 Å². The van der Waals surface area contributed by atoms with Gasteiger partial charge in [-0.3, -0.25) is 14.5 Å². The maximum absolute atomic E-state index is 13.0. The minimum Gasteiger partial charge on any atom is -0.355 e. The molecule has 156 valence electrons. The van der Waals surface area contributed by atoms with E-state index < -0.39 is 11.7 Å². The number of hydrogen-bond donors (Lipinski definition) is 3. The lowest BCUT2D eigenvalue weighted by Gasteiger charge is -2.14. The van der Waals surface area contributed by atoms with Crippen LogP contribution in [0.5, 0.6) is 0 Å². The van der Waals surface area contributed by atoms with Crippen LogP contribution in [0.3, 0.4) is 0 Å². The molecular weight excluding hydrogens is 415 g/mol. The molecule has 1 heterocycles. The molecule has 6 nitrogen and oxygen atoms in total. The summed E-state index contributed by atoms with van der Waals surface area (Å²) in [6.07, 6.45) is -2.39. The first-order valence-corrected chi connectivity index (χ1v) is 9.71. The van der Waals surface area contributed by atoms with E-state index in [1.807, 2.05) is 4.57 Å². The molecule has 2 aromatic carbocycles. The minimum absolute atomic E-state index is 0.181. The van der Waals surface area contributed by atoms with E-state index in [2.05, 4.69) is 20.8 Å². The van der Waals surface area contributed by atoms with Crippen molar-refractivity contribution in [1.82, 2.24) is 20.1 Å². The largest absolute Gasteiger partial charge is 0.416 e. The maximum Gasteiger partial charge on any atom is 0.416 e. The van der Waals surface area contributed by atoms with Crippen LogP contribution in [-0.2, 0) is 12.7 Å². The molecule has 0 atom stereocenters. The summed E-state index contributed by atoms with van der Waals surface area (Å²) in [7, 11) is 0. The highest BCUT2D eigenvalue weighted by Gasteiger charge is 2.30. The molecule has 0 saturated heterocycles. The third kappa shape index (κ3) is 4.38. The SMILES string of the molecule is O=C(NCc1n[nH]c(=S)n1C1CC1)c1ccccc1Nc1cccc(C(F)(F)F)c1. The molecule has 1 fully saturated rings. The van der Waals surface area contributed by atoms with Crippen molar-refractivity contribution < 1.29 is 18.0 Å². The van der Waals surface area contributed by atoms with Crippen LogP contribution in [0.2, 0.25) is 0 Å². The third-order valence-corrected chi connectivity index (χ3v) is 5.03. The van der Waals surface area contributed by atoms with Gasteiger partial charge < -0.3 is 10.6 Å². The summed E-state index contributed by atoms with van der Waals surface area (Å²) in [6, 6.07) is 11.8. The Bertz CT molecular complexity index is 1130. The molecule has 1 amide bonds. The van der Waals surface area contributed by atoms with Crippen molar-refractivity contribution >= 4 is 29.5 Å². The van der Waals surface area contributed by atoms with Crippen LogP contribution in [0, 0.1) is 4.77 Å². The fraction of sp³-hybridized carbons (Fsp3) is 0.250. The Morgan fingerprint density at radius 2 is 1.97 bits per heavy atom. The van der Waals surface area contributed by atoms with Gasteiger partial charge in [0.2, 0.25) is 0 Å². The average Bonchev–Trinajstić information content (AvgIpc) is 3.48. The fourth-order valence-corrected chi connectivity index (χ4v) is 3.44. The zero-order valence-electron chi connectivity index (χ0n) is 15.7. The maximum atomic E-state index is 13.0. The Hall–Kier alpha value is -3.14. The third-order valence-electron chi connectivity index (χ3n) is 4.74. The molecule has 0 unspecified atom stereocenters. The van der Waals surface area contributed by atoms with Gasteiger partial charge in [-0.05, 0) is 55.4 Å². The molecular formula is C20H18F3N5OS. The van der Waals surface area contributed by atoms with Gasteiger partial charge in [-0.2, -0.15) is 18.3 Å². The number of halogens is 3. The van der Waals surface area contributed by atoms with Crippen LogP contribution in [0.25, 0.3) is 0 Å². The van der Waals surface area contributed by atoms with Gasteiger partial charge in [0.1, 0.15) is 0 Å². The summed E-state index contributed by atoms with van der Waals surface area (Å²) < 4.78 is 41.3. The highest BCUT2D eigenvalue weighted by molar-refractivity contribution is 7.71. The minimum atomic E-state index is -4.45. The molecule has 30 heavy (non-hydrogen) atoms. The zero-order valence-corrected chi connectivity index (χ0v) is 16.5. The number of benzene rings is 2. The first kappa shape index (κ1) is 20.1. The highest BCUT2D eigenvalue weighted by Crippen LogP contribution is 2.35.